The molecule has 1 aromatic rings. The first-order valence-electron chi connectivity index (χ1n) is 4.68. The van der Waals surface area contributed by atoms with Crippen LogP contribution in [0.1, 0.15) is 24.3 Å². The van der Waals surface area contributed by atoms with Gasteiger partial charge in [0.15, 0.2) is 0 Å². The number of piperidine rings is 1. The first-order chi connectivity index (χ1) is 6.36. The van der Waals surface area contributed by atoms with Crippen molar-refractivity contribution in [3.8, 4) is 0 Å². The van der Waals surface area contributed by atoms with E-state index in [0.29, 0.717) is 11.1 Å². The molecule has 0 spiro atoms. The normalized spacial score (nSPS) is 18.8. The minimum atomic E-state index is 0.607. The Morgan fingerprint density at radius 2 is 2.15 bits per heavy atom. The third-order valence-electron chi connectivity index (χ3n) is 2.56. The predicted octanol–water partition coefficient (Wildman–Crippen LogP) is 2.20. The van der Waals surface area contributed by atoms with Crippen molar-refractivity contribution in [2.45, 2.75) is 18.8 Å². The number of aromatic nitrogens is 1. The minimum Gasteiger partial charge on any atom is -0.317 e. The number of rotatable bonds is 1. The van der Waals surface area contributed by atoms with Crippen molar-refractivity contribution in [3.63, 3.8) is 0 Å². The van der Waals surface area contributed by atoms with Gasteiger partial charge in [0.2, 0.25) is 0 Å². The SMILES string of the molecule is Clc1cc(C2CCNCC2)ccn1. The predicted molar refractivity (Wildman–Crippen MR) is 54.1 cm³/mol. The van der Waals surface area contributed by atoms with Gasteiger partial charge in [-0.25, -0.2) is 4.98 Å². The van der Waals surface area contributed by atoms with Crippen LogP contribution in [-0.4, -0.2) is 18.1 Å². The number of halogens is 1. The van der Waals surface area contributed by atoms with Crippen molar-refractivity contribution < 1.29 is 0 Å². The fourth-order valence-electron chi connectivity index (χ4n) is 1.83. The van der Waals surface area contributed by atoms with Crippen LogP contribution < -0.4 is 5.32 Å². The molecule has 1 aliphatic heterocycles. The molecule has 0 aromatic carbocycles. The highest BCUT2D eigenvalue weighted by atomic mass is 35.5. The van der Waals surface area contributed by atoms with Gasteiger partial charge < -0.3 is 5.32 Å². The molecule has 0 atom stereocenters. The van der Waals surface area contributed by atoms with Gasteiger partial charge in [0, 0.05) is 6.20 Å². The second-order valence-corrected chi connectivity index (χ2v) is 3.82. The number of nitrogens with one attached hydrogen (secondary N) is 1. The highest BCUT2D eigenvalue weighted by Gasteiger charge is 2.14. The highest BCUT2D eigenvalue weighted by molar-refractivity contribution is 6.29. The Hall–Kier alpha value is -0.600. The molecule has 1 N–H and O–H groups in total. The van der Waals surface area contributed by atoms with E-state index in [9.17, 15) is 0 Å². The summed E-state index contributed by atoms with van der Waals surface area (Å²) in [5, 5.41) is 3.96. The quantitative estimate of drug-likeness (QED) is 0.697. The van der Waals surface area contributed by atoms with Crippen LogP contribution in [0.25, 0.3) is 0 Å². The molecule has 70 valence electrons. The molecule has 2 nitrogen and oxygen atoms in total. The van der Waals surface area contributed by atoms with Crippen LogP contribution in [0.4, 0.5) is 0 Å². The van der Waals surface area contributed by atoms with E-state index < -0.39 is 0 Å². The van der Waals surface area contributed by atoms with Gasteiger partial charge in [-0.2, -0.15) is 0 Å². The van der Waals surface area contributed by atoms with E-state index in [1.54, 1.807) is 6.20 Å². The molecule has 0 aliphatic carbocycles. The van der Waals surface area contributed by atoms with Crippen LogP contribution >= 0.6 is 11.6 Å². The topological polar surface area (TPSA) is 24.9 Å². The van der Waals surface area contributed by atoms with E-state index in [4.69, 9.17) is 11.6 Å². The number of hydrogen-bond acceptors (Lipinski definition) is 2. The molecule has 2 rings (SSSR count). The molecule has 0 bridgehead atoms. The van der Waals surface area contributed by atoms with Crippen molar-refractivity contribution >= 4 is 11.6 Å². The van der Waals surface area contributed by atoms with E-state index in [2.05, 4.69) is 16.4 Å². The molecule has 1 fully saturated rings. The van der Waals surface area contributed by atoms with Crippen molar-refractivity contribution in [1.29, 1.82) is 0 Å². The van der Waals surface area contributed by atoms with Crippen LogP contribution in [0, 0.1) is 0 Å². The molecule has 0 radical (unpaired) electrons. The first-order valence-corrected chi connectivity index (χ1v) is 5.06. The molecule has 3 heteroatoms. The molecule has 0 saturated carbocycles. The summed E-state index contributed by atoms with van der Waals surface area (Å²) in [7, 11) is 0. The zero-order chi connectivity index (χ0) is 9.10. The Morgan fingerprint density at radius 1 is 1.38 bits per heavy atom. The number of nitrogens with zero attached hydrogens (tertiary/aromatic N) is 1. The Bertz CT molecular complexity index is 282. The lowest BCUT2D eigenvalue weighted by Gasteiger charge is -2.22. The third-order valence-corrected chi connectivity index (χ3v) is 2.77. The van der Waals surface area contributed by atoms with Crippen LogP contribution in [0.2, 0.25) is 5.15 Å². The summed E-state index contributed by atoms with van der Waals surface area (Å²) in [6.45, 7) is 2.23. The van der Waals surface area contributed by atoms with Gasteiger partial charge in [0.1, 0.15) is 5.15 Å². The Labute approximate surface area is 83.3 Å². The largest absolute Gasteiger partial charge is 0.317 e. The third kappa shape index (κ3) is 2.20. The lowest BCUT2D eigenvalue weighted by Crippen LogP contribution is -2.26. The van der Waals surface area contributed by atoms with Gasteiger partial charge >= 0.3 is 0 Å². The van der Waals surface area contributed by atoms with Crippen molar-refractivity contribution in [3.05, 3.63) is 29.0 Å². The second-order valence-electron chi connectivity index (χ2n) is 3.44. The van der Waals surface area contributed by atoms with Crippen molar-refractivity contribution in [2.75, 3.05) is 13.1 Å². The maximum Gasteiger partial charge on any atom is 0.129 e. The van der Waals surface area contributed by atoms with E-state index in [1.165, 1.54) is 18.4 Å². The van der Waals surface area contributed by atoms with E-state index in [0.717, 1.165) is 13.1 Å². The van der Waals surface area contributed by atoms with Gasteiger partial charge in [0.05, 0.1) is 0 Å². The lowest BCUT2D eigenvalue weighted by atomic mass is 9.91. The summed E-state index contributed by atoms with van der Waals surface area (Å²) in [6, 6.07) is 4.05. The smallest absolute Gasteiger partial charge is 0.129 e. The Balaban J connectivity index is 2.14. The van der Waals surface area contributed by atoms with Crippen molar-refractivity contribution in [2.24, 2.45) is 0 Å². The zero-order valence-electron chi connectivity index (χ0n) is 7.46. The summed E-state index contributed by atoms with van der Waals surface area (Å²) in [5.74, 6) is 0.668. The summed E-state index contributed by atoms with van der Waals surface area (Å²) in [5.41, 5.74) is 1.33. The average Bonchev–Trinajstić information content (AvgIpc) is 2.19. The zero-order valence-corrected chi connectivity index (χ0v) is 8.22. The fourth-order valence-corrected chi connectivity index (χ4v) is 2.01. The molecule has 13 heavy (non-hydrogen) atoms. The summed E-state index contributed by atoms with van der Waals surface area (Å²) in [4.78, 5) is 3.98. The summed E-state index contributed by atoms with van der Waals surface area (Å²) in [6.07, 6.45) is 4.21. The first kappa shape index (κ1) is 8.97. The monoisotopic (exact) mass is 196 g/mol. The van der Waals surface area contributed by atoms with E-state index >= 15 is 0 Å². The number of pyridine rings is 1. The maximum atomic E-state index is 5.84. The molecule has 2 heterocycles. The van der Waals surface area contributed by atoms with E-state index in [1.807, 2.05) is 6.07 Å². The minimum absolute atomic E-state index is 0.607. The molecule has 0 amide bonds. The highest BCUT2D eigenvalue weighted by Crippen LogP contribution is 2.25. The van der Waals surface area contributed by atoms with Crippen LogP contribution in [-0.2, 0) is 0 Å². The van der Waals surface area contributed by atoms with Gasteiger partial charge in [-0.15, -0.1) is 0 Å². The van der Waals surface area contributed by atoms with Gasteiger partial charge in [-0.3, -0.25) is 0 Å². The van der Waals surface area contributed by atoms with Crippen molar-refractivity contribution in [1.82, 2.24) is 10.3 Å². The molecular formula is C10H13ClN2. The maximum absolute atomic E-state index is 5.84. The molecule has 1 aromatic heterocycles. The van der Waals surface area contributed by atoms with Crippen LogP contribution in [0.15, 0.2) is 18.3 Å². The van der Waals surface area contributed by atoms with Crippen LogP contribution in [0.3, 0.4) is 0 Å². The molecular weight excluding hydrogens is 184 g/mol. The summed E-state index contributed by atoms with van der Waals surface area (Å²) >= 11 is 5.84. The van der Waals surface area contributed by atoms with Crippen LogP contribution in [0.5, 0.6) is 0 Å². The lowest BCUT2D eigenvalue weighted by molar-refractivity contribution is 0.460. The fraction of sp³-hybridized carbons (Fsp3) is 0.500. The molecule has 1 aliphatic rings. The molecule has 1 saturated heterocycles. The number of hydrogen-bond donors (Lipinski definition) is 1. The summed E-state index contributed by atoms with van der Waals surface area (Å²) < 4.78 is 0. The molecule has 0 unspecified atom stereocenters. The van der Waals surface area contributed by atoms with E-state index in [-0.39, 0.29) is 0 Å². The Morgan fingerprint density at radius 3 is 2.85 bits per heavy atom. The van der Waals surface area contributed by atoms with Gasteiger partial charge in [-0.05, 0) is 49.5 Å². The standard InChI is InChI=1S/C10H13ClN2/c11-10-7-9(3-6-13-10)8-1-4-12-5-2-8/h3,6-8,12H,1-2,4-5H2. The van der Waals surface area contributed by atoms with Gasteiger partial charge in [0.25, 0.3) is 0 Å². The van der Waals surface area contributed by atoms with Gasteiger partial charge in [-0.1, -0.05) is 11.6 Å². The second kappa shape index (κ2) is 4.07. The average molecular weight is 197 g/mol. The Kier molecular flexibility index (Phi) is 2.81.